The van der Waals surface area contributed by atoms with E-state index in [1.54, 1.807) is 6.07 Å². The molecule has 2 aliphatic rings. The van der Waals surface area contributed by atoms with Gasteiger partial charge in [0.2, 0.25) is 11.8 Å². The molecule has 6 nitrogen and oxygen atoms in total. The third-order valence-corrected chi connectivity index (χ3v) is 4.90. The normalized spacial score (nSPS) is 19.9. The molecule has 2 heterocycles. The number of ether oxygens (including phenoxy) is 1. The summed E-state index contributed by atoms with van der Waals surface area (Å²) in [5.74, 6) is -0.360. The summed E-state index contributed by atoms with van der Waals surface area (Å²) in [7, 11) is 0. The molecule has 27 heavy (non-hydrogen) atoms. The second-order valence-electron chi connectivity index (χ2n) is 6.99. The number of hydrogen-bond acceptors (Lipinski definition) is 5. The summed E-state index contributed by atoms with van der Waals surface area (Å²) < 4.78 is 31.9. The number of carbonyl (C=O) groups is 1. The summed E-state index contributed by atoms with van der Waals surface area (Å²) in [6.07, 6.45) is 3.38. The van der Waals surface area contributed by atoms with Crippen LogP contribution in [0.25, 0.3) is 0 Å². The molecule has 0 N–H and O–H groups in total. The summed E-state index contributed by atoms with van der Waals surface area (Å²) in [5.41, 5.74) is 0. The van der Waals surface area contributed by atoms with Crippen LogP contribution in [0.3, 0.4) is 0 Å². The average Bonchev–Trinajstić information content (AvgIpc) is 3.50. The van der Waals surface area contributed by atoms with Crippen LogP contribution < -0.4 is 9.64 Å². The fourth-order valence-corrected chi connectivity index (χ4v) is 3.28. The molecule has 2 fully saturated rings. The number of hydrogen-bond donors (Lipinski definition) is 0. The summed E-state index contributed by atoms with van der Waals surface area (Å²) in [4.78, 5) is 24.7. The summed E-state index contributed by atoms with van der Waals surface area (Å²) in [6.45, 7) is 4.02. The quantitative estimate of drug-likeness (QED) is 0.824. The molecule has 0 bridgehead atoms. The molecule has 1 amide bonds. The van der Waals surface area contributed by atoms with Gasteiger partial charge in [-0.1, -0.05) is 0 Å². The van der Waals surface area contributed by atoms with Gasteiger partial charge in [-0.15, -0.1) is 0 Å². The Kier molecular flexibility index (Phi) is 4.63. The highest BCUT2D eigenvalue weighted by Gasteiger charge is 2.37. The third kappa shape index (κ3) is 3.84. The molecular weight excluding hydrogens is 354 g/mol. The van der Waals surface area contributed by atoms with E-state index in [9.17, 15) is 13.6 Å². The zero-order valence-corrected chi connectivity index (χ0v) is 14.9. The largest absolute Gasteiger partial charge is 0.439 e. The van der Waals surface area contributed by atoms with Crippen LogP contribution in [0, 0.1) is 17.6 Å². The first-order valence-electron chi connectivity index (χ1n) is 9.01. The van der Waals surface area contributed by atoms with Crippen molar-refractivity contribution in [2.75, 3.05) is 24.5 Å². The maximum Gasteiger partial charge on any atom is 0.226 e. The van der Waals surface area contributed by atoms with Gasteiger partial charge in [-0.05, 0) is 31.9 Å². The standard InChI is InChI=1S/C19H20F2N4O2/c1-12-10-24(6-7-25(12)19(26)13-2-3-13)17-9-18(23-11-22-17)27-14-4-5-15(20)16(21)8-14/h4-5,8-9,11-13H,2-3,6-7,10H2,1H3. The number of nitrogens with zero attached hydrogens (tertiary/aromatic N) is 4. The summed E-state index contributed by atoms with van der Waals surface area (Å²) >= 11 is 0. The van der Waals surface area contributed by atoms with Crippen LogP contribution in [0.5, 0.6) is 11.6 Å². The number of benzene rings is 1. The molecular formula is C19H20F2N4O2. The van der Waals surface area contributed by atoms with E-state index < -0.39 is 11.6 Å². The van der Waals surface area contributed by atoms with E-state index in [1.807, 2.05) is 11.8 Å². The highest BCUT2D eigenvalue weighted by molar-refractivity contribution is 5.81. The van der Waals surface area contributed by atoms with Gasteiger partial charge in [-0.2, -0.15) is 0 Å². The molecule has 8 heteroatoms. The lowest BCUT2D eigenvalue weighted by atomic mass is 10.1. The van der Waals surface area contributed by atoms with Crippen molar-refractivity contribution in [1.82, 2.24) is 14.9 Å². The van der Waals surface area contributed by atoms with Gasteiger partial charge in [0, 0.05) is 43.7 Å². The minimum atomic E-state index is -0.980. The van der Waals surface area contributed by atoms with Crippen molar-refractivity contribution in [3.8, 4) is 11.6 Å². The Morgan fingerprint density at radius 2 is 1.96 bits per heavy atom. The monoisotopic (exact) mass is 374 g/mol. The zero-order chi connectivity index (χ0) is 19.0. The fourth-order valence-electron chi connectivity index (χ4n) is 3.28. The van der Waals surface area contributed by atoms with Crippen molar-refractivity contribution < 1.29 is 18.3 Å². The Hall–Kier alpha value is -2.77. The number of anilines is 1. The van der Waals surface area contributed by atoms with Crippen LogP contribution in [0.4, 0.5) is 14.6 Å². The molecule has 1 unspecified atom stereocenters. The number of rotatable bonds is 4. The van der Waals surface area contributed by atoms with Crippen LogP contribution in [0.2, 0.25) is 0 Å². The van der Waals surface area contributed by atoms with Crippen molar-refractivity contribution in [1.29, 1.82) is 0 Å². The first-order chi connectivity index (χ1) is 13.0. The van der Waals surface area contributed by atoms with E-state index >= 15 is 0 Å². The smallest absolute Gasteiger partial charge is 0.226 e. The van der Waals surface area contributed by atoms with Crippen LogP contribution in [0.1, 0.15) is 19.8 Å². The van der Waals surface area contributed by atoms with Gasteiger partial charge in [-0.25, -0.2) is 18.7 Å². The Balaban J connectivity index is 1.44. The van der Waals surface area contributed by atoms with E-state index in [0.29, 0.717) is 25.5 Å². The lowest BCUT2D eigenvalue weighted by Crippen LogP contribution is -2.54. The average molecular weight is 374 g/mol. The van der Waals surface area contributed by atoms with Crippen LogP contribution in [-0.2, 0) is 4.79 Å². The molecule has 0 spiro atoms. The number of amides is 1. The molecule has 1 saturated carbocycles. The highest BCUT2D eigenvalue weighted by atomic mass is 19.2. The van der Waals surface area contributed by atoms with E-state index in [2.05, 4.69) is 14.9 Å². The predicted molar refractivity (Wildman–Crippen MR) is 94.6 cm³/mol. The summed E-state index contributed by atoms with van der Waals surface area (Å²) in [6, 6.07) is 5.07. The number of carbonyl (C=O) groups excluding carboxylic acids is 1. The molecule has 1 aromatic heterocycles. The van der Waals surface area contributed by atoms with Crippen molar-refractivity contribution in [2.24, 2.45) is 5.92 Å². The van der Waals surface area contributed by atoms with Crippen LogP contribution in [0.15, 0.2) is 30.6 Å². The molecule has 1 saturated heterocycles. The lowest BCUT2D eigenvalue weighted by molar-refractivity contribution is -0.134. The first-order valence-corrected chi connectivity index (χ1v) is 9.01. The van der Waals surface area contributed by atoms with Crippen LogP contribution in [-0.4, -0.2) is 46.5 Å². The highest BCUT2D eigenvalue weighted by Crippen LogP contribution is 2.32. The second kappa shape index (κ2) is 7.09. The Morgan fingerprint density at radius 3 is 2.67 bits per heavy atom. The Morgan fingerprint density at radius 1 is 1.15 bits per heavy atom. The van der Waals surface area contributed by atoms with E-state index in [0.717, 1.165) is 25.0 Å². The zero-order valence-electron chi connectivity index (χ0n) is 14.9. The number of halogens is 2. The third-order valence-electron chi connectivity index (χ3n) is 4.90. The molecule has 4 rings (SSSR count). The van der Waals surface area contributed by atoms with Gasteiger partial charge in [0.25, 0.3) is 0 Å². The van der Waals surface area contributed by atoms with E-state index in [4.69, 9.17) is 4.74 Å². The van der Waals surface area contributed by atoms with Gasteiger partial charge >= 0.3 is 0 Å². The molecule has 142 valence electrons. The SMILES string of the molecule is CC1CN(c2cc(Oc3ccc(F)c(F)c3)ncn2)CCN1C(=O)C1CC1. The van der Waals surface area contributed by atoms with Gasteiger partial charge < -0.3 is 14.5 Å². The lowest BCUT2D eigenvalue weighted by Gasteiger charge is -2.40. The number of aromatic nitrogens is 2. The van der Waals surface area contributed by atoms with Gasteiger partial charge in [0.15, 0.2) is 11.6 Å². The molecule has 1 aromatic carbocycles. The maximum absolute atomic E-state index is 13.3. The topological polar surface area (TPSA) is 58.6 Å². The Labute approximate surface area is 155 Å². The first kappa shape index (κ1) is 17.6. The minimum absolute atomic E-state index is 0.0948. The maximum atomic E-state index is 13.3. The Bertz CT molecular complexity index is 859. The van der Waals surface area contributed by atoms with Gasteiger partial charge in [0.1, 0.15) is 17.9 Å². The molecule has 1 aliphatic carbocycles. The number of piperazine rings is 1. The van der Waals surface area contributed by atoms with Gasteiger partial charge in [0.05, 0.1) is 0 Å². The second-order valence-corrected chi connectivity index (χ2v) is 6.99. The van der Waals surface area contributed by atoms with Crippen molar-refractivity contribution >= 4 is 11.7 Å². The molecule has 1 atom stereocenters. The molecule has 2 aromatic rings. The van der Waals surface area contributed by atoms with Crippen molar-refractivity contribution in [3.63, 3.8) is 0 Å². The van der Waals surface area contributed by atoms with Crippen molar-refractivity contribution in [3.05, 3.63) is 42.2 Å². The van der Waals surface area contributed by atoms with Gasteiger partial charge in [-0.3, -0.25) is 4.79 Å². The molecule has 0 radical (unpaired) electrons. The van der Waals surface area contributed by atoms with Crippen LogP contribution >= 0.6 is 0 Å². The summed E-state index contributed by atoms with van der Waals surface area (Å²) in [5, 5.41) is 0. The minimum Gasteiger partial charge on any atom is -0.439 e. The van der Waals surface area contributed by atoms with E-state index in [-0.39, 0.29) is 29.5 Å². The van der Waals surface area contributed by atoms with E-state index in [1.165, 1.54) is 12.4 Å². The molecule has 1 aliphatic heterocycles. The predicted octanol–water partition coefficient (Wildman–Crippen LogP) is 2.99. The van der Waals surface area contributed by atoms with Crippen molar-refractivity contribution in [2.45, 2.75) is 25.8 Å². The fraction of sp³-hybridized carbons (Fsp3) is 0.421.